The summed E-state index contributed by atoms with van der Waals surface area (Å²) in [6, 6.07) is 10.4. The van der Waals surface area contributed by atoms with Crippen LogP contribution in [0.1, 0.15) is 33.9 Å². The van der Waals surface area contributed by atoms with Gasteiger partial charge in [-0.1, -0.05) is 30.3 Å². The van der Waals surface area contributed by atoms with Crippen molar-refractivity contribution in [3.05, 3.63) is 70.3 Å². The molecular weight excluding hydrogens is 263 g/mol. The van der Waals surface area contributed by atoms with Gasteiger partial charge in [-0.25, -0.2) is 0 Å². The van der Waals surface area contributed by atoms with E-state index in [4.69, 9.17) is 5.73 Å². The largest absolute Gasteiger partial charge is 0.416 e. The van der Waals surface area contributed by atoms with E-state index in [1.54, 1.807) is 0 Å². The molecule has 20 heavy (non-hydrogen) atoms. The lowest BCUT2D eigenvalue weighted by atomic mass is 9.93. The molecule has 2 rings (SSSR count). The van der Waals surface area contributed by atoms with Gasteiger partial charge in [0.25, 0.3) is 0 Å². The third-order valence-electron chi connectivity index (χ3n) is 3.58. The van der Waals surface area contributed by atoms with Crippen LogP contribution in [0.5, 0.6) is 0 Å². The van der Waals surface area contributed by atoms with E-state index in [-0.39, 0.29) is 0 Å². The highest BCUT2D eigenvalue weighted by atomic mass is 19.4. The van der Waals surface area contributed by atoms with Crippen molar-refractivity contribution in [1.82, 2.24) is 0 Å². The van der Waals surface area contributed by atoms with Crippen molar-refractivity contribution in [2.24, 2.45) is 5.73 Å². The van der Waals surface area contributed by atoms with Crippen molar-refractivity contribution < 1.29 is 13.2 Å². The number of hydrogen-bond acceptors (Lipinski definition) is 1. The number of hydrogen-bond donors (Lipinski definition) is 1. The van der Waals surface area contributed by atoms with Crippen LogP contribution >= 0.6 is 0 Å². The molecule has 0 aliphatic carbocycles. The predicted octanol–water partition coefficient (Wildman–Crippen LogP) is 4.37. The first-order valence-corrected chi connectivity index (χ1v) is 6.29. The van der Waals surface area contributed by atoms with Crippen LogP contribution in [0.25, 0.3) is 0 Å². The van der Waals surface area contributed by atoms with Crippen molar-refractivity contribution >= 4 is 0 Å². The number of alkyl halides is 3. The van der Waals surface area contributed by atoms with Crippen molar-refractivity contribution in [1.29, 1.82) is 0 Å². The smallest absolute Gasteiger partial charge is 0.320 e. The van der Waals surface area contributed by atoms with Crippen LogP contribution in [-0.2, 0) is 6.18 Å². The Morgan fingerprint density at radius 3 is 2.10 bits per heavy atom. The minimum absolute atomic E-state index is 0.419. The van der Waals surface area contributed by atoms with E-state index in [1.165, 1.54) is 12.1 Å². The summed E-state index contributed by atoms with van der Waals surface area (Å²) in [5.74, 6) is 0. The molecule has 1 atom stereocenters. The van der Waals surface area contributed by atoms with Gasteiger partial charge in [-0.3, -0.25) is 0 Å². The molecule has 2 aromatic carbocycles. The molecule has 0 fully saturated rings. The Hall–Kier alpha value is -1.81. The molecular formula is C16H16F3N. The average molecular weight is 279 g/mol. The van der Waals surface area contributed by atoms with E-state index >= 15 is 0 Å². The Morgan fingerprint density at radius 2 is 1.55 bits per heavy atom. The van der Waals surface area contributed by atoms with Crippen LogP contribution in [0.3, 0.4) is 0 Å². The van der Waals surface area contributed by atoms with E-state index in [0.717, 1.165) is 28.8 Å². The lowest BCUT2D eigenvalue weighted by molar-refractivity contribution is -0.137. The summed E-state index contributed by atoms with van der Waals surface area (Å²) < 4.78 is 37.6. The molecule has 1 nitrogen and oxygen atoms in total. The van der Waals surface area contributed by atoms with Crippen LogP contribution in [0.2, 0.25) is 0 Å². The lowest BCUT2D eigenvalue weighted by Gasteiger charge is -2.17. The van der Waals surface area contributed by atoms with Gasteiger partial charge in [0.1, 0.15) is 0 Å². The first-order chi connectivity index (χ1) is 9.30. The number of halogens is 3. The zero-order chi connectivity index (χ0) is 14.9. The molecule has 0 heterocycles. The molecule has 0 saturated carbocycles. The second kappa shape index (κ2) is 5.29. The molecule has 0 bridgehead atoms. The Labute approximate surface area is 116 Å². The Morgan fingerprint density at radius 1 is 0.950 bits per heavy atom. The fourth-order valence-electron chi connectivity index (χ4n) is 2.17. The van der Waals surface area contributed by atoms with Crippen LogP contribution in [0.15, 0.2) is 42.5 Å². The van der Waals surface area contributed by atoms with Gasteiger partial charge < -0.3 is 5.73 Å². The number of benzene rings is 2. The summed E-state index contributed by atoms with van der Waals surface area (Å²) in [4.78, 5) is 0. The molecule has 1 unspecified atom stereocenters. The minimum atomic E-state index is -4.32. The molecule has 0 saturated heterocycles. The van der Waals surface area contributed by atoms with E-state index in [9.17, 15) is 13.2 Å². The maximum atomic E-state index is 12.5. The second-order valence-corrected chi connectivity index (χ2v) is 4.89. The normalized spacial score (nSPS) is 13.3. The molecule has 2 aromatic rings. The fraction of sp³-hybridized carbons (Fsp3) is 0.250. The van der Waals surface area contributed by atoms with Gasteiger partial charge in [0.2, 0.25) is 0 Å². The third kappa shape index (κ3) is 2.85. The molecule has 0 aromatic heterocycles. The molecule has 0 aliphatic rings. The first kappa shape index (κ1) is 14.6. The fourth-order valence-corrected chi connectivity index (χ4v) is 2.17. The van der Waals surface area contributed by atoms with E-state index in [0.29, 0.717) is 5.56 Å². The lowest BCUT2D eigenvalue weighted by Crippen LogP contribution is -2.14. The monoisotopic (exact) mass is 279 g/mol. The van der Waals surface area contributed by atoms with Crippen LogP contribution in [-0.4, -0.2) is 0 Å². The molecule has 2 N–H and O–H groups in total. The van der Waals surface area contributed by atoms with Crippen molar-refractivity contribution in [3.63, 3.8) is 0 Å². The van der Waals surface area contributed by atoms with E-state index < -0.39 is 17.8 Å². The Balaban J connectivity index is 2.34. The number of rotatable bonds is 2. The highest BCUT2D eigenvalue weighted by Gasteiger charge is 2.30. The van der Waals surface area contributed by atoms with Crippen molar-refractivity contribution in [2.75, 3.05) is 0 Å². The molecule has 0 amide bonds. The quantitative estimate of drug-likeness (QED) is 0.868. The maximum Gasteiger partial charge on any atom is 0.416 e. The maximum absolute atomic E-state index is 12.5. The first-order valence-electron chi connectivity index (χ1n) is 6.29. The number of nitrogens with two attached hydrogens (primary N) is 1. The van der Waals surface area contributed by atoms with Gasteiger partial charge in [-0.15, -0.1) is 0 Å². The van der Waals surface area contributed by atoms with Gasteiger partial charge in [0.15, 0.2) is 0 Å². The topological polar surface area (TPSA) is 26.0 Å². The second-order valence-electron chi connectivity index (χ2n) is 4.89. The van der Waals surface area contributed by atoms with Crippen molar-refractivity contribution in [2.45, 2.75) is 26.1 Å². The van der Waals surface area contributed by atoms with Crippen LogP contribution in [0, 0.1) is 13.8 Å². The summed E-state index contributed by atoms with van der Waals surface area (Å²) in [5.41, 5.74) is 9.30. The zero-order valence-corrected chi connectivity index (χ0v) is 11.3. The minimum Gasteiger partial charge on any atom is -0.320 e. The molecule has 4 heteroatoms. The molecule has 0 spiro atoms. The van der Waals surface area contributed by atoms with Gasteiger partial charge in [0, 0.05) is 0 Å². The Bertz CT molecular complexity index is 600. The van der Waals surface area contributed by atoms with E-state index in [2.05, 4.69) is 0 Å². The third-order valence-corrected chi connectivity index (χ3v) is 3.58. The Kier molecular flexibility index (Phi) is 3.86. The molecule has 0 aliphatic heterocycles. The highest BCUT2D eigenvalue weighted by Crippen LogP contribution is 2.31. The summed E-state index contributed by atoms with van der Waals surface area (Å²) in [6.45, 7) is 3.95. The molecule has 106 valence electrons. The van der Waals surface area contributed by atoms with Gasteiger partial charge >= 0.3 is 6.18 Å². The summed E-state index contributed by atoms with van der Waals surface area (Å²) in [5, 5.41) is 0. The standard InChI is InChI=1S/C16H16F3N/c1-10-4-3-5-14(11(10)2)15(20)12-6-8-13(9-7-12)16(17,18)19/h3-9,15H,20H2,1-2H3. The van der Waals surface area contributed by atoms with Gasteiger partial charge in [-0.05, 0) is 48.2 Å². The van der Waals surface area contributed by atoms with Crippen LogP contribution in [0.4, 0.5) is 13.2 Å². The van der Waals surface area contributed by atoms with Gasteiger partial charge in [-0.2, -0.15) is 13.2 Å². The highest BCUT2D eigenvalue weighted by molar-refractivity contribution is 5.41. The molecule has 0 radical (unpaired) electrons. The predicted molar refractivity (Wildman–Crippen MR) is 73.4 cm³/mol. The summed E-state index contributed by atoms with van der Waals surface area (Å²) in [7, 11) is 0. The number of aryl methyl sites for hydroxylation is 1. The van der Waals surface area contributed by atoms with Crippen molar-refractivity contribution in [3.8, 4) is 0 Å². The average Bonchev–Trinajstić information content (AvgIpc) is 2.40. The summed E-state index contributed by atoms with van der Waals surface area (Å²) in [6.07, 6.45) is -4.32. The SMILES string of the molecule is Cc1cccc(C(N)c2ccc(C(F)(F)F)cc2)c1C. The zero-order valence-electron chi connectivity index (χ0n) is 11.3. The van der Waals surface area contributed by atoms with Crippen LogP contribution < -0.4 is 5.73 Å². The summed E-state index contributed by atoms with van der Waals surface area (Å²) >= 11 is 0. The van der Waals surface area contributed by atoms with E-state index in [1.807, 2.05) is 32.0 Å². The van der Waals surface area contributed by atoms with Gasteiger partial charge in [0.05, 0.1) is 11.6 Å².